The van der Waals surface area contributed by atoms with Crippen LogP contribution in [0.1, 0.15) is 49.1 Å². The lowest BCUT2D eigenvalue weighted by molar-refractivity contribution is -0.135. The fourth-order valence-corrected chi connectivity index (χ4v) is 3.97. The van der Waals surface area contributed by atoms with Gasteiger partial charge in [0.05, 0.1) is 5.92 Å². The van der Waals surface area contributed by atoms with Gasteiger partial charge in [-0.25, -0.2) is 9.97 Å². The molecule has 0 spiro atoms. The third-order valence-electron chi connectivity index (χ3n) is 5.24. The number of amides is 2. The van der Waals surface area contributed by atoms with E-state index in [1.54, 1.807) is 0 Å². The van der Waals surface area contributed by atoms with Crippen molar-refractivity contribution in [2.75, 3.05) is 19.3 Å². The van der Waals surface area contributed by atoms with Gasteiger partial charge in [-0.15, -0.1) is 0 Å². The molecular weight excluding hydrogens is 348 g/mol. The van der Waals surface area contributed by atoms with Crippen LogP contribution in [0.15, 0.2) is 5.16 Å². The summed E-state index contributed by atoms with van der Waals surface area (Å²) < 4.78 is 0. The van der Waals surface area contributed by atoms with E-state index in [9.17, 15) is 9.59 Å². The van der Waals surface area contributed by atoms with Crippen LogP contribution in [0.5, 0.6) is 0 Å². The smallest absolute Gasteiger partial charge is 0.225 e. The quantitative estimate of drug-likeness (QED) is 0.609. The summed E-state index contributed by atoms with van der Waals surface area (Å²) in [5.74, 6) is 0.195. The molecule has 7 heteroatoms. The Morgan fingerprint density at radius 1 is 1.19 bits per heavy atom. The number of likely N-dealkylation sites (tertiary alicyclic amines) is 1. The molecule has 0 bridgehead atoms. The van der Waals surface area contributed by atoms with Crippen molar-refractivity contribution >= 4 is 23.6 Å². The highest BCUT2D eigenvalue weighted by Crippen LogP contribution is 2.23. The average Bonchev–Trinajstić information content (AvgIpc) is 3.44. The van der Waals surface area contributed by atoms with Gasteiger partial charge in [-0.2, -0.15) is 0 Å². The monoisotopic (exact) mass is 376 g/mol. The molecule has 1 atom stereocenters. The minimum atomic E-state index is -0.0547. The lowest BCUT2D eigenvalue weighted by atomic mass is 9.96. The summed E-state index contributed by atoms with van der Waals surface area (Å²) in [5.41, 5.74) is 2.97. The molecule has 1 unspecified atom stereocenters. The maximum atomic E-state index is 12.7. The van der Waals surface area contributed by atoms with Gasteiger partial charge in [0.1, 0.15) is 0 Å². The number of thioether (sulfide) groups is 1. The number of hydrogen-bond acceptors (Lipinski definition) is 5. The van der Waals surface area contributed by atoms with Gasteiger partial charge >= 0.3 is 0 Å². The van der Waals surface area contributed by atoms with Crippen molar-refractivity contribution in [2.24, 2.45) is 5.92 Å². The highest BCUT2D eigenvalue weighted by molar-refractivity contribution is 7.98. The van der Waals surface area contributed by atoms with E-state index in [2.05, 4.69) is 15.3 Å². The van der Waals surface area contributed by atoms with Gasteiger partial charge in [0.25, 0.3) is 0 Å². The minimum Gasteiger partial charge on any atom is -0.353 e. The van der Waals surface area contributed by atoms with Gasteiger partial charge in [-0.1, -0.05) is 11.8 Å². The topological polar surface area (TPSA) is 75.2 Å². The van der Waals surface area contributed by atoms with Crippen LogP contribution in [0.25, 0.3) is 0 Å². The van der Waals surface area contributed by atoms with Gasteiger partial charge in [-0.3, -0.25) is 9.59 Å². The molecule has 1 aromatic rings. The SMILES string of the molecule is CSc1nc(C)c(CCC(=O)N2CCCC(C(=O)NC3CC3)C2)c(C)n1. The number of nitrogens with zero attached hydrogens (tertiary/aromatic N) is 3. The zero-order valence-corrected chi connectivity index (χ0v) is 16.7. The summed E-state index contributed by atoms with van der Waals surface area (Å²) in [7, 11) is 0. The second-order valence-electron chi connectivity index (χ2n) is 7.32. The van der Waals surface area contributed by atoms with Crippen molar-refractivity contribution in [3.63, 3.8) is 0 Å². The molecule has 1 aliphatic carbocycles. The van der Waals surface area contributed by atoms with Gasteiger partial charge in [-0.05, 0) is 57.8 Å². The molecule has 1 saturated heterocycles. The number of nitrogens with one attached hydrogen (secondary N) is 1. The van der Waals surface area contributed by atoms with Crippen molar-refractivity contribution < 1.29 is 9.59 Å². The van der Waals surface area contributed by atoms with Crippen LogP contribution < -0.4 is 5.32 Å². The van der Waals surface area contributed by atoms with Crippen LogP contribution in [0.4, 0.5) is 0 Å². The normalized spacial score (nSPS) is 20.1. The number of rotatable bonds is 6. The summed E-state index contributed by atoms with van der Waals surface area (Å²) in [6.07, 6.45) is 7.03. The molecule has 2 fully saturated rings. The standard InChI is InChI=1S/C19H28N4O2S/c1-12-16(13(2)21-19(20-12)26-3)8-9-17(24)23-10-4-5-14(11-23)18(25)22-15-6-7-15/h14-15H,4-11H2,1-3H3,(H,22,25). The molecule has 1 saturated carbocycles. The van der Waals surface area contributed by atoms with E-state index in [0.29, 0.717) is 25.4 Å². The van der Waals surface area contributed by atoms with E-state index < -0.39 is 0 Å². The summed E-state index contributed by atoms with van der Waals surface area (Å²) in [5, 5.41) is 3.84. The predicted octanol–water partition coefficient (Wildman–Crippen LogP) is 2.27. The molecule has 2 heterocycles. The first-order valence-electron chi connectivity index (χ1n) is 9.44. The van der Waals surface area contributed by atoms with Gasteiger partial charge in [0, 0.05) is 36.9 Å². The van der Waals surface area contributed by atoms with Crippen molar-refractivity contribution in [1.29, 1.82) is 0 Å². The highest BCUT2D eigenvalue weighted by atomic mass is 32.2. The Morgan fingerprint density at radius 3 is 2.50 bits per heavy atom. The van der Waals surface area contributed by atoms with Gasteiger partial charge in [0.2, 0.25) is 11.8 Å². The molecule has 1 N–H and O–H groups in total. The Kier molecular flexibility index (Phi) is 6.16. The molecule has 2 aliphatic rings. The van der Waals surface area contributed by atoms with Crippen LogP contribution in [0.3, 0.4) is 0 Å². The fourth-order valence-electron chi connectivity index (χ4n) is 3.52. The summed E-state index contributed by atoms with van der Waals surface area (Å²) >= 11 is 1.53. The number of carbonyl (C=O) groups excluding carboxylic acids is 2. The Bertz CT molecular complexity index is 667. The molecule has 1 aromatic heterocycles. The molecule has 26 heavy (non-hydrogen) atoms. The van der Waals surface area contributed by atoms with Gasteiger partial charge < -0.3 is 10.2 Å². The number of aryl methyl sites for hydroxylation is 2. The number of hydrogen-bond donors (Lipinski definition) is 1. The minimum absolute atomic E-state index is 0.0547. The number of piperidine rings is 1. The van der Waals surface area contributed by atoms with Crippen LogP contribution >= 0.6 is 11.8 Å². The maximum absolute atomic E-state index is 12.7. The second-order valence-corrected chi connectivity index (χ2v) is 8.09. The lowest BCUT2D eigenvalue weighted by Crippen LogP contribution is -2.46. The van der Waals surface area contributed by atoms with Crippen LogP contribution in [-0.2, 0) is 16.0 Å². The van der Waals surface area contributed by atoms with Crippen LogP contribution in [0, 0.1) is 19.8 Å². The van der Waals surface area contributed by atoms with E-state index in [1.807, 2.05) is 25.0 Å². The van der Waals surface area contributed by atoms with Crippen LogP contribution in [-0.4, -0.2) is 52.1 Å². The van der Waals surface area contributed by atoms with Gasteiger partial charge in [0.15, 0.2) is 5.16 Å². The molecule has 6 nitrogen and oxygen atoms in total. The van der Waals surface area contributed by atoms with E-state index in [4.69, 9.17) is 0 Å². The Balaban J connectivity index is 1.55. The fraction of sp³-hybridized carbons (Fsp3) is 0.684. The van der Waals surface area contributed by atoms with Crippen LogP contribution in [0.2, 0.25) is 0 Å². The highest BCUT2D eigenvalue weighted by Gasteiger charge is 2.31. The van der Waals surface area contributed by atoms with E-state index in [1.165, 1.54) is 11.8 Å². The Hall–Kier alpha value is -1.63. The Morgan fingerprint density at radius 2 is 1.88 bits per heavy atom. The van der Waals surface area contributed by atoms with E-state index in [-0.39, 0.29) is 17.7 Å². The predicted molar refractivity (Wildman–Crippen MR) is 102 cm³/mol. The molecular formula is C19H28N4O2S. The third kappa shape index (κ3) is 4.75. The maximum Gasteiger partial charge on any atom is 0.225 e. The number of aromatic nitrogens is 2. The number of carbonyl (C=O) groups is 2. The first-order valence-corrected chi connectivity index (χ1v) is 10.7. The Labute approximate surface area is 159 Å². The van der Waals surface area contributed by atoms with Crippen molar-refractivity contribution in [3.05, 3.63) is 17.0 Å². The summed E-state index contributed by atoms with van der Waals surface area (Å²) in [6.45, 7) is 5.27. The third-order valence-corrected chi connectivity index (χ3v) is 5.79. The molecule has 0 radical (unpaired) electrons. The van der Waals surface area contributed by atoms with E-state index >= 15 is 0 Å². The molecule has 1 aliphatic heterocycles. The summed E-state index contributed by atoms with van der Waals surface area (Å²) in [6, 6.07) is 0.379. The molecule has 3 rings (SSSR count). The largest absolute Gasteiger partial charge is 0.353 e. The average molecular weight is 377 g/mol. The molecule has 142 valence electrons. The van der Waals surface area contributed by atoms with Crippen molar-refractivity contribution in [2.45, 2.75) is 63.6 Å². The van der Waals surface area contributed by atoms with E-state index in [0.717, 1.165) is 54.3 Å². The lowest BCUT2D eigenvalue weighted by Gasteiger charge is -2.32. The zero-order chi connectivity index (χ0) is 18.7. The van der Waals surface area contributed by atoms with Crippen molar-refractivity contribution in [3.8, 4) is 0 Å². The zero-order valence-electron chi connectivity index (χ0n) is 15.9. The van der Waals surface area contributed by atoms with Crippen molar-refractivity contribution in [1.82, 2.24) is 20.2 Å². The first kappa shape index (κ1) is 19.1. The molecule has 2 amide bonds. The first-order chi connectivity index (χ1) is 12.5. The summed E-state index contributed by atoms with van der Waals surface area (Å²) in [4.78, 5) is 35.8. The second kappa shape index (κ2) is 8.37. The molecule has 0 aromatic carbocycles.